The van der Waals surface area contributed by atoms with E-state index in [4.69, 9.17) is 0 Å². The lowest BCUT2D eigenvalue weighted by molar-refractivity contribution is 0.0815. The van der Waals surface area contributed by atoms with E-state index in [1.807, 2.05) is 18.2 Å². The average Bonchev–Trinajstić information content (AvgIpc) is 2.49. The van der Waals surface area contributed by atoms with Gasteiger partial charge >= 0.3 is 0 Å². The zero-order valence-corrected chi connectivity index (χ0v) is 15.3. The number of ketones is 2. The fourth-order valence-corrected chi connectivity index (χ4v) is 3.11. The van der Waals surface area contributed by atoms with Gasteiger partial charge in [-0.25, -0.2) is 0 Å². The summed E-state index contributed by atoms with van der Waals surface area (Å²) in [5.74, 6) is -0.795. The first-order valence-corrected chi connectivity index (χ1v) is 8.38. The zero-order chi connectivity index (χ0) is 17.9. The SMILES string of the molecule is CC(C)(C)c1ccc2c(c1)C(=O)C(=O)c1ccc(C(C)(C)C)cc1-2. The molecule has 0 spiro atoms. The number of hydrogen-bond acceptors (Lipinski definition) is 2. The van der Waals surface area contributed by atoms with Crippen LogP contribution in [0.3, 0.4) is 0 Å². The van der Waals surface area contributed by atoms with Gasteiger partial charge in [0.05, 0.1) is 0 Å². The molecule has 0 radical (unpaired) electrons. The predicted molar refractivity (Wildman–Crippen MR) is 97.9 cm³/mol. The van der Waals surface area contributed by atoms with Crippen LogP contribution in [0.15, 0.2) is 36.4 Å². The summed E-state index contributed by atoms with van der Waals surface area (Å²) in [6.07, 6.45) is 0. The topological polar surface area (TPSA) is 34.1 Å². The van der Waals surface area contributed by atoms with E-state index in [2.05, 4.69) is 53.7 Å². The Hall–Kier alpha value is -2.22. The van der Waals surface area contributed by atoms with Crippen molar-refractivity contribution in [2.24, 2.45) is 0 Å². The van der Waals surface area contributed by atoms with Gasteiger partial charge < -0.3 is 0 Å². The van der Waals surface area contributed by atoms with E-state index in [0.29, 0.717) is 11.1 Å². The third kappa shape index (κ3) is 2.60. The lowest BCUT2D eigenvalue weighted by Crippen LogP contribution is -2.23. The normalized spacial score (nSPS) is 14.4. The van der Waals surface area contributed by atoms with Crippen molar-refractivity contribution < 1.29 is 9.59 Å². The van der Waals surface area contributed by atoms with Gasteiger partial charge in [0.2, 0.25) is 11.6 Å². The Morgan fingerprint density at radius 1 is 0.542 bits per heavy atom. The number of fused-ring (bicyclic) bond motifs is 3. The van der Waals surface area contributed by atoms with E-state index in [1.54, 1.807) is 6.07 Å². The first-order chi connectivity index (χ1) is 11.0. The van der Waals surface area contributed by atoms with Crippen LogP contribution in [0.25, 0.3) is 11.1 Å². The highest BCUT2D eigenvalue weighted by Gasteiger charge is 2.32. The molecule has 0 aliphatic heterocycles. The Kier molecular flexibility index (Phi) is 3.56. The van der Waals surface area contributed by atoms with E-state index >= 15 is 0 Å². The second kappa shape index (κ2) is 5.14. The number of Topliss-reactive ketones (excluding diaryl/α,β-unsaturated/α-hetero) is 2. The Balaban J connectivity index is 2.27. The number of carbonyl (C=O) groups excluding carboxylic acids is 2. The molecule has 0 heterocycles. The van der Waals surface area contributed by atoms with Gasteiger partial charge in [-0.2, -0.15) is 0 Å². The standard InChI is InChI=1S/C22H24O2/c1-21(2,3)13-8-10-16-17(11-13)15-9-7-14(22(4,5)6)12-18(15)20(24)19(16)23/h7-12H,1-6H3. The van der Waals surface area contributed by atoms with Crippen molar-refractivity contribution in [1.29, 1.82) is 0 Å². The molecule has 0 atom stereocenters. The van der Waals surface area contributed by atoms with Crippen LogP contribution in [0.2, 0.25) is 0 Å². The molecule has 0 amide bonds. The van der Waals surface area contributed by atoms with Crippen molar-refractivity contribution in [1.82, 2.24) is 0 Å². The molecule has 2 aromatic carbocycles. The summed E-state index contributed by atoms with van der Waals surface area (Å²) in [5.41, 5.74) is 4.95. The highest BCUT2D eigenvalue weighted by Crippen LogP contribution is 2.38. The summed E-state index contributed by atoms with van der Waals surface area (Å²) < 4.78 is 0. The number of carbonyl (C=O) groups is 2. The Labute approximate surface area is 143 Å². The molecule has 1 aliphatic carbocycles. The minimum Gasteiger partial charge on any atom is -0.285 e. The van der Waals surface area contributed by atoms with Crippen LogP contribution in [0, 0.1) is 0 Å². The highest BCUT2D eigenvalue weighted by molar-refractivity contribution is 6.53. The molecule has 24 heavy (non-hydrogen) atoms. The van der Waals surface area contributed by atoms with Crippen LogP contribution in [-0.4, -0.2) is 11.6 Å². The number of rotatable bonds is 0. The average molecular weight is 320 g/mol. The molecule has 0 fully saturated rings. The molecule has 0 N–H and O–H groups in total. The van der Waals surface area contributed by atoms with Crippen molar-refractivity contribution >= 4 is 11.6 Å². The lowest BCUT2D eigenvalue weighted by atomic mass is 9.77. The first kappa shape index (κ1) is 16.6. The van der Waals surface area contributed by atoms with Crippen molar-refractivity contribution in [3.63, 3.8) is 0 Å². The van der Waals surface area contributed by atoms with Gasteiger partial charge in [0, 0.05) is 11.1 Å². The Morgan fingerprint density at radius 3 is 1.46 bits per heavy atom. The summed E-state index contributed by atoms with van der Waals surface area (Å²) >= 11 is 0. The first-order valence-electron chi connectivity index (χ1n) is 8.38. The van der Waals surface area contributed by atoms with Crippen molar-refractivity contribution in [2.75, 3.05) is 0 Å². The molecular weight excluding hydrogens is 296 g/mol. The van der Waals surface area contributed by atoms with Crippen LogP contribution in [0.4, 0.5) is 0 Å². The quantitative estimate of drug-likeness (QED) is 0.615. The maximum absolute atomic E-state index is 12.6. The van der Waals surface area contributed by atoms with Crippen molar-refractivity contribution in [2.45, 2.75) is 52.4 Å². The van der Waals surface area contributed by atoms with Gasteiger partial charge in [-0.3, -0.25) is 9.59 Å². The van der Waals surface area contributed by atoms with Crippen LogP contribution < -0.4 is 0 Å². The van der Waals surface area contributed by atoms with Crippen molar-refractivity contribution in [3.8, 4) is 11.1 Å². The van der Waals surface area contributed by atoms with Crippen molar-refractivity contribution in [3.05, 3.63) is 58.7 Å². The van der Waals surface area contributed by atoms with E-state index in [1.165, 1.54) is 0 Å². The van der Waals surface area contributed by atoms with Gasteiger partial charge in [0.25, 0.3) is 0 Å². The molecule has 1 aliphatic rings. The van der Waals surface area contributed by atoms with E-state index in [0.717, 1.165) is 22.3 Å². The van der Waals surface area contributed by atoms with Crippen LogP contribution in [0.1, 0.15) is 73.4 Å². The third-order valence-electron chi connectivity index (χ3n) is 4.76. The summed E-state index contributed by atoms with van der Waals surface area (Å²) in [7, 11) is 0. The molecule has 124 valence electrons. The summed E-state index contributed by atoms with van der Waals surface area (Å²) in [4.78, 5) is 25.1. The molecule has 0 unspecified atom stereocenters. The molecule has 2 aromatic rings. The second-order valence-corrected chi connectivity index (χ2v) is 8.68. The van der Waals surface area contributed by atoms with Crippen LogP contribution in [0.5, 0.6) is 0 Å². The van der Waals surface area contributed by atoms with E-state index in [9.17, 15) is 9.59 Å². The second-order valence-electron chi connectivity index (χ2n) is 8.68. The molecule has 0 saturated heterocycles. The summed E-state index contributed by atoms with van der Waals surface area (Å²) in [6, 6.07) is 11.8. The molecule has 3 rings (SSSR count). The number of benzene rings is 2. The molecule has 2 nitrogen and oxygen atoms in total. The van der Waals surface area contributed by atoms with Crippen LogP contribution >= 0.6 is 0 Å². The fraction of sp³-hybridized carbons (Fsp3) is 0.364. The van der Waals surface area contributed by atoms with Gasteiger partial charge in [0.15, 0.2) is 0 Å². The van der Waals surface area contributed by atoms with Gasteiger partial charge in [0.1, 0.15) is 0 Å². The zero-order valence-electron chi connectivity index (χ0n) is 15.3. The minimum atomic E-state index is -0.399. The predicted octanol–water partition coefficient (Wildman–Crippen LogP) is 5.33. The lowest BCUT2D eigenvalue weighted by Gasteiger charge is -2.26. The highest BCUT2D eigenvalue weighted by atomic mass is 16.2. The Bertz CT molecular complexity index is 859. The smallest absolute Gasteiger partial charge is 0.234 e. The third-order valence-corrected chi connectivity index (χ3v) is 4.76. The fourth-order valence-electron chi connectivity index (χ4n) is 3.11. The van der Waals surface area contributed by atoms with Crippen LogP contribution in [-0.2, 0) is 10.8 Å². The molecule has 0 bridgehead atoms. The molecule has 0 saturated carbocycles. The Morgan fingerprint density at radius 2 is 0.958 bits per heavy atom. The molecule has 0 aromatic heterocycles. The van der Waals surface area contributed by atoms with Gasteiger partial charge in [-0.1, -0.05) is 59.7 Å². The summed E-state index contributed by atoms with van der Waals surface area (Å²) in [5, 5.41) is 0. The monoisotopic (exact) mass is 320 g/mol. The molecule has 2 heteroatoms. The molecular formula is C22H24O2. The van der Waals surface area contributed by atoms with E-state index < -0.39 is 11.6 Å². The van der Waals surface area contributed by atoms with Gasteiger partial charge in [-0.05, 0) is 51.3 Å². The minimum absolute atomic E-state index is 0.00888. The summed E-state index contributed by atoms with van der Waals surface area (Å²) in [6.45, 7) is 12.8. The van der Waals surface area contributed by atoms with Gasteiger partial charge in [-0.15, -0.1) is 0 Å². The maximum atomic E-state index is 12.6. The maximum Gasteiger partial charge on any atom is 0.234 e. The largest absolute Gasteiger partial charge is 0.285 e. The number of hydrogen-bond donors (Lipinski definition) is 0. The van der Waals surface area contributed by atoms with E-state index in [-0.39, 0.29) is 10.8 Å².